The molecule has 0 saturated heterocycles. The van der Waals surface area contributed by atoms with Crippen LogP contribution in [0, 0.1) is 6.92 Å². The smallest absolute Gasteiger partial charge is 0.339 e. The highest BCUT2D eigenvalue weighted by Gasteiger charge is 2.18. The molecule has 7 heteroatoms. The van der Waals surface area contributed by atoms with Gasteiger partial charge in [0.2, 0.25) is 0 Å². The van der Waals surface area contributed by atoms with Gasteiger partial charge in [0, 0.05) is 11.5 Å². The molecule has 0 saturated carbocycles. The number of hydrogen-bond acceptors (Lipinski definition) is 6. The molecule has 0 fully saturated rings. The lowest BCUT2D eigenvalue weighted by Crippen LogP contribution is -2.01. The standard InChI is InChI=1S/C11H10N2O4S/c1-6-12-11(18-13-6)17-9-7(10(14)15)4-3-5-8(9)16-2/h3-5H,1-2H3,(H,14,15). The summed E-state index contributed by atoms with van der Waals surface area (Å²) in [6.45, 7) is 1.73. The molecule has 94 valence electrons. The van der Waals surface area contributed by atoms with E-state index < -0.39 is 5.97 Å². The number of rotatable bonds is 4. The van der Waals surface area contributed by atoms with Crippen LogP contribution in [-0.4, -0.2) is 27.5 Å². The molecule has 6 nitrogen and oxygen atoms in total. The van der Waals surface area contributed by atoms with Crippen LogP contribution in [0.5, 0.6) is 16.7 Å². The van der Waals surface area contributed by atoms with E-state index in [2.05, 4.69) is 9.36 Å². The predicted octanol–water partition coefficient (Wildman–Crippen LogP) is 2.35. The Morgan fingerprint density at radius 3 is 2.78 bits per heavy atom. The number of benzene rings is 1. The zero-order chi connectivity index (χ0) is 13.1. The van der Waals surface area contributed by atoms with E-state index in [1.54, 1.807) is 19.1 Å². The molecule has 1 N–H and O–H groups in total. The van der Waals surface area contributed by atoms with Crippen LogP contribution in [0.25, 0.3) is 0 Å². The number of para-hydroxylation sites is 1. The van der Waals surface area contributed by atoms with Crippen molar-refractivity contribution in [2.45, 2.75) is 6.92 Å². The number of aromatic carboxylic acids is 1. The number of carbonyl (C=O) groups is 1. The molecule has 0 atom stereocenters. The monoisotopic (exact) mass is 266 g/mol. The van der Waals surface area contributed by atoms with Crippen molar-refractivity contribution in [3.8, 4) is 16.7 Å². The van der Waals surface area contributed by atoms with Crippen LogP contribution >= 0.6 is 11.5 Å². The zero-order valence-electron chi connectivity index (χ0n) is 9.71. The van der Waals surface area contributed by atoms with Crippen molar-refractivity contribution in [2.24, 2.45) is 0 Å². The van der Waals surface area contributed by atoms with Gasteiger partial charge >= 0.3 is 5.97 Å². The Morgan fingerprint density at radius 2 is 2.22 bits per heavy atom. The summed E-state index contributed by atoms with van der Waals surface area (Å²) in [6.07, 6.45) is 0. The number of hydrogen-bond donors (Lipinski definition) is 1. The lowest BCUT2D eigenvalue weighted by atomic mass is 10.2. The fourth-order valence-electron chi connectivity index (χ4n) is 1.36. The van der Waals surface area contributed by atoms with E-state index in [0.717, 1.165) is 11.5 Å². The van der Waals surface area contributed by atoms with Crippen LogP contribution in [0.4, 0.5) is 0 Å². The lowest BCUT2D eigenvalue weighted by Gasteiger charge is -2.10. The van der Waals surface area contributed by atoms with Gasteiger partial charge in [-0.2, -0.15) is 9.36 Å². The second kappa shape index (κ2) is 5.01. The molecule has 0 aliphatic rings. The topological polar surface area (TPSA) is 81.5 Å². The fraction of sp³-hybridized carbons (Fsp3) is 0.182. The first kappa shape index (κ1) is 12.3. The summed E-state index contributed by atoms with van der Waals surface area (Å²) < 4.78 is 14.5. The normalized spacial score (nSPS) is 10.1. The van der Waals surface area contributed by atoms with E-state index in [1.165, 1.54) is 13.2 Å². The summed E-state index contributed by atoms with van der Waals surface area (Å²) in [4.78, 5) is 15.1. The molecule has 1 aromatic heterocycles. The zero-order valence-corrected chi connectivity index (χ0v) is 10.5. The molecule has 0 spiro atoms. The van der Waals surface area contributed by atoms with E-state index >= 15 is 0 Å². The Morgan fingerprint density at radius 1 is 1.44 bits per heavy atom. The number of carboxylic acid groups (broad SMARTS) is 1. The highest BCUT2D eigenvalue weighted by atomic mass is 32.1. The molecule has 0 amide bonds. The molecule has 0 aliphatic heterocycles. The van der Waals surface area contributed by atoms with Gasteiger partial charge in [0.25, 0.3) is 5.19 Å². The maximum Gasteiger partial charge on any atom is 0.339 e. The van der Waals surface area contributed by atoms with Gasteiger partial charge in [0.05, 0.1) is 7.11 Å². The van der Waals surface area contributed by atoms with Crippen LogP contribution in [-0.2, 0) is 0 Å². The summed E-state index contributed by atoms with van der Waals surface area (Å²) in [5.74, 6) is -0.0571. The molecule has 1 aromatic carbocycles. The summed E-state index contributed by atoms with van der Waals surface area (Å²) in [6, 6.07) is 4.64. The Balaban J connectivity index is 2.44. The van der Waals surface area contributed by atoms with Crippen molar-refractivity contribution in [3.05, 3.63) is 29.6 Å². The molecule has 0 unspecified atom stereocenters. The Kier molecular flexibility index (Phi) is 3.42. The van der Waals surface area contributed by atoms with Crippen LogP contribution in [0.3, 0.4) is 0 Å². The van der Waals surface area contributed by atoms with Gasteiger partial charge in [-0.15, -0.1) is 0 Å². The van der Waals surface area contributed by atoms with Crippen molar-refractivity contribution < 1.29 is 19.4 Å². The fourth-order valence-corrected chi connectivity index (χ4v) is 1.90. The van der Waals surface area contributed by atoms with Crippen molar-refractivity contribution >= 4 is 17.5 Å². The third-order valence-electron chi connectivity index (χ3n) is 2.13. The van der Waals surface area contributed by atoms with Gasteiger partial charge in [-0.25, -0.2) is 4.79 Å². The van der Waals surface area contributed by atoms with Crippen LogP contribution in [0.2, 0.25) is 0 Å². The number of aryl methyl sites for hydroxylation is 1. The van der Waals surface area contributed by atoms with Gasteiger partial charge in [-0.05, 0) is 19.1 Å². The molecule has 2 aromatic rings. The predicted molar refractivity (Wildman–Crippen MR) is 64.7 cm³/mol. The average molecular weight is 266 g/mol. The SMILES string of the molecule is COc1cccc(C(=O)O)c1Oc1nc(C)ns1. The Labute approximate surface area is 107 Å². The molecule has 0 bridgehead atoms. The highest BCUT2D eigenvalue weighted by molar-refractivity contribution is 7.07. The number of nitrogens with zero attached hydrogens (tertiary/aromatic N) is 2. The van der Waals surface area contributed by atoms with E-state index in [9.17, 15) is 4.79 Å². The largest absolute Gasteiger partial charge is 0.493 e. The first-order valence-electron chi connectivity index (χ1n) is 5.00. The molecular formula is C11H10N2O4S. The van der Waals surface area contributed by atoms with E-state index in [-0.39, 0.29) is 16.5 Å². The minimum atomic E-state index is -1.09. The van der Waals surface area contributed by atoms with Gasteiger partial charge in [-0.3, -0.25) is 0 Å². The summed E-state index contributed by atoms with van der Waals surface area (Å²) in [5, 5.41) is 9.38. The third kappa shape index (κ3) is 2.40. The number of ether oxygens (including phenoxy) is 2. The summed E-state index contributed by atoms with van der Waals surface area (Å²) in [7, 11) is 1.44. The van der Waals surface area contributed by atoms with Crippen molar-refractivity contribution in [1.82, 2.24) is 9.36 Å². The Hall–Kier alpha value is -2.15. The second-order valence-corrected chi connectivity index (χ2v) is 4.07. The van der Waals surface area contributed by atoms with Crippen LogP contribution in [0.1, 0.15) is 16.2 Å². The van der Waals surface area contributed by atoms with Gasteiger partial charge in [-0.1, -0.05) is 6.07 Å². The maximum absolute atomic E-state index is 11.1. The summed E-state index contributed by atoms with van der Waals surface area (Å²) >= 11 is 1.05. The first-order chi connectivity index (χ1) is 8.61. The van der Waals surface area contributed by atoms with Crippen molar-refractivity contribution in [3.63, 3.8) is 0 Å². The van der Waals surface area contributed by atoms with Crippen LogP contribution < -0.4 is 9.47 Å². The number of methoxy groups -OCH3 is 1. The van der Waals surface area contributed by atoms with Crippen molar-refractivity contribution in [2.75, 3.05) is 7.11 Å². The summed E-state index contributed by atoms with van der Waals surface area (Å²) in [5.41, 5.74) is 0.0159. The van der Waals surface area contributed by atoms with Gasteiger partial charge in [0.15, 0.2) is 11.5 Å². The van der Waals surface area contributed by atoms with E-state index in [0.29, 0.717) is 11.6 Å². The minimum Gasteiger partial charge on any atom is -0.493 e. The minimum absolute atomic E-state index is 0.0159. The van der Waals surface area contributed by atoms with Crippen molar-refractivity contribution in [1.29, 1.82) is 0 Å². The van der Waals surface area contributed by atoms with Gasteiger partial charge < -0.3 is 14.6 Å². The lowest BCUT2D eigenvalue weighted by molar-refractivity contribution is 0.0693. The Bertz CT molecular complexity index is 582. The molecule has 1 heterocycles. The molecule has 0 aliphatic carbocycles. The molecule has 0 radical (unpaired) electrons. The quantitative estimate of drug-likeness (QED) is 0.914. The maximum atomic E-state index is 11.1. The molecule has 18 heavy (non-hydrogen) atoms. The van der Waals surface area contributed by atoms with E-state index in [4.69, 9.17) is 14.6 Å². The first-order valence-corrected chi connectivity index (χ1v) is 5.77. The third-order valence-corrected chi connectivity index (χ3v) is 2.81. The second-order valence-electron chi connectivity index (χ2n) is 3.35. The van der Waals surface area contributed by atoms with Gasteiger partial charge in [0.1, 0.15) is 11.4 Å². The van der Waals surface area contributed by atoms with Crippen LogP contribution in [0.15, 0.2) is 18.2 Å². The average Bonchev–Trinajstić information content (AvgIpc) is 2.75. The molecular weight excluding hydrogens is 256 g/mol. The highest BCUT2D eigenvalue weighted by Crippen LogP contribution is 2.35. The molecule has 2 rings (SSSR count). The number of aromatic nitrogens is 2. The van der Waals surface area contributed by atoms with E-state index in [1.807, 2.05) is 0 Å². The number of carboxylic acids is 1.